The molecular weight excluding hydrogens is 266 g/mol. The van der Waals surface area contributed by atoms with E-state index in [2.05, 4.69) is 10.4 Å². The fourth-order valence-electron chi connectivity index (χ4n) is 1.70. The number of carbonyl (C=O) groups excluding carboxylic acids is 1. The zero-order valence-corrected chi connectivity index (χ0v) is 10.8. The van der Waals surface area contributed by atoms with Crippen LogP contribution in [0.2, 0.25) is 0 Å². The summed E-state index contributed by atoms with van der Waals surface area (Å²) in [6.45, 7) is 0.0734. The Morgan fingerprint density at radius 1 is 1.45 bits per heavy atom. The Balaban J connectivity index is 1.96. The van der Waals surface area contributed by atoms with E-state index in [0.29, 0.717) is 11.1 Å². The van der Waals surface area contributed by atoms with Crippen LogP contribution in [0.1, 0.15) is 17.2 Å². The van der Waals surface area contributed by atoms with E-state index >= 15 is 0 Å². The number of amides is 1. The van der Waals surface area contributed by atoms with Crippen molar-refractivity contribution in [3.05, 3.63) is 53.4 Å². The van der Waals surface area contributed by atoms with Crippen LogP contribution >= 0.6 is 0 Å². The molecule has 0 aliphatic carbocycles. The first-order valence-electron chi connectivity index (χ1n) is 5.93. The number of carbonyl (C=O) groups is 1. The van der Waals surface area contributed by atoms with E-state index in [4.69, 9.17) is 5.73 Å². The summed E-state index contributed by atoms with van der Waals surface area (Å²) >= 11 is 0. The second kappa shape index (κ2) is 5.79. The van der Waals surface area contributed by atoms with E-state index in [-0.39, 0.29) is 6.54 Å². The van der Waals surface area contributed by atoms with Gasteiger partial charge in [-0.1, -0.05) is 6.07 Å². The van der Waals surface area contributed by atoms with Crippen LogP contribution in [0, 0.1) is 11.6 Å². The zero-order valence-electron chi connectivity index (χ0n) is 10.8. The molecule has 0 bridgehead atoms. The maximum atomic E-state index is 13.0. The minimum absolute atomic E-state index is 0.0734. The van der Waals surface area contributed by atoms with Crippen LogP contribution in [0.4, 0.5) is 8.78 Å². The Bertz CT molecular complexity index is 627. The van der Waals surface area contributed by atoms with Crippen LogP contribution < -0.4 is 11.1 Å². The summed E-state index contributed by atoms with van der Waals surface area (Å²) in [5.41, 5.74) is 6.80. The third-order valence-electron chi connectivity index (χ3n) is 2.82. The molecule has 0 spiro atoms. The first-order valence-corrected chi connectivity index (χ1v) is 5.93. The first kappa shape index (κ1) is 14.1. The number of hydrogen-bond donors (Lipinski definition) is 2. The van der Waals surface area contributed by atoms with Crippen LogP contribution in [0.15, 0.2) is 30.6 Å². The second-order valence-electron chi connectivity index (χ2n) is 4.39. The molecule has 2 rings (SSSR count). The topological polar surface area (TPSA) is 72.9 Å². The highest BCUT2D eigenvalue weighted by Crippen LogP contribution is 2.10. The number of benzene rings is 1. The zero-order chi connectivity index (χ0) is 14.7. The standard InChI is InChI=1S/C13H14F2N4O/c1-19-7-9(6-18-19)12(16)13(20)17-5-8-2-3-10(14)11(15)4-8/h2-4,6-7,12H,5,16H2,1H3,(H,17,20). The van der Waals surface area contributed by atoms with Gasteiger partial charge in [-0.3, -0.25) is 9.48 Å². The van der Waals surface area contributed by atoms with E-state index in [9.17, 15) is 13.6 Å². The van der Waals surface area contributed by atoms with Crippen molar-refractivity contribution in [1.82, 2.24) is 15.1 Å². The molecule has 3 N–H and O–H groups in total. The van der Waals surface area contributed by atoms with Gasteiger partial charge in [0.15, 0.2) is 11.6 Å². The normalized spacial score (nSPS) is 12.2. The molecule has 7 heteroatoms. The van der Waals surface area contributed by atoms with Crippen molar-refractivity contribution in [3.8, 4) is 0 Å². The lowest BCUT2D eigenvalue weighted by atomic mass is 10.1. The van der Waals surface area contributed by atoms with Gasteiger partial charge < -0.3 is 11.1 Å². The van der Waals surface area contributed by atoms with Gasteiger partial charge in [-0.15, -0.1) is 0 Å². The minimum atomic E-state index is -0.951. The molecule has 1 unspecified atom stereocenters. The van der Waals surface area contributed by atoms with Gasteiger partial charge in [0.05, 0.1) is 6.20 Å². The number of aryl methyl sites for hydroxylation is 1. The minimum Gasteiger partial charge on any atom is -0.350 e. The lowest BCUT2D eigenvalue weighted by Crippen LogP contribution is -2.33. The molecule has 5 nitrogen and oxygen atoms in total. The summed E-state index contributed by atoms with van der Waals surface area (Å²) in [5, 5.41) is 6.49. The molecular formula is C13H14F2N4O. The summed E-state index contributed by atoms with van der Waals surface area (Å²) in [5.74, 6) is -2.29. The monoisotopic (exact) mass is 280 g/mol. The fourth-order valence-corrected chi connectivity index (χ4v) is 1.70. The molecule has 0 saturated carbocycles. The average molecular weight is 280 g/mol. The molecule has 20 heavy (non-hydrogen) atoms. The predicted molar refractivity (Wildman–Crippen MR) is 68.3 cm³/mol. The summed E-state index contributed by atoms with van der Waals surface area (Å²) in [6.07, 6.45) is 3.14. The van der Waals surface area contributed by atoms with Crippen molar-refractivity contribution in [2.24, 2.45) is 12.8 Å². The van der Waals surface area contributed by atoms with Crippen molar-refractivity contribution >= 4 is 5.91 Å². The second-order valence-corrected chi connectivity index (χ2v) is 4.39. The number of hydrogen-bond acceptors (Lipinski definition) is 3. The highest BCUT2D eigenvalue weighted by atomic mass is 19.2. The van der Waals surface area contributed by atoms with Crippen LogP contribution in [-0.2, 0) is 18.4 Å². The number of nitrogens with two attached hydrogens (primary N) is 1. The quantitative estimate of drug-likeness (QED) is 0.878. The van der Waals surface area contributed by atoms with E-state index < -0.39 is 23.6 Å². The molecule has 0 aliphatic heterocycles. The largest absolute Gasteiger partial charge is 0.350 e. The van der Waals surface area contributed by atoms with Gasteiger partial charge in [0.25, 0.3) is 0 Å². The summed E-state index contributed by atoms with van der Waals surface area (Å²) in [6, 6.07) is 2.59. The van der Waals surface area contributed by atoms with Gasteiger partial charge >= 0.3 is 0 Å². The average Bonchev–Trinajstić information content (AvgIpc) is 2.85. The van der Waals surface area contributed by atoms with Crippen LogP contribution in [0.5, 0.6) is 0 Å². The molecule has 1 aromatic carbocycles. The van der Waals surface area contributed by atoms with Crippen molar-refractivity contribution in [1.29, 1.82) is 0 Å². The van der Waals surface area contributed by atoms with Gasteiger partial charge in [-0.05, 0) is 17.7 Å². The Morgan fingerprint density at radius 2 is 2.20 bits per heavy atom. The molecule has 1 atom stereocenters. The third kappa shape index (κ3) is 3.18. The molecule has 1 amide bonds. The Labute approximate surface area is 114 Å². The number of aromatic nitrogens is 2. The van der Waals surface area contributed by atoms with Gasteiger partial charge in [-0.25, -0.2) is 8.78 Å². The molecule has 0 radical (unpaired) electrons. The molecule has 0 saturated heterocycles. The Hall–Kier alpha value is -2.28. The van der Waals surface area contributed by atoms with Crippen molar-refractivity contribution in [2.75, 3.05) is 0 Å². The summed E-state index contributed by atoms with van der Waals surface area (Å²) in [4.78, 5) is 11.8. The third-order valence-corrected chi connectivity index (χ3v) is 2.82. The summed E-state index contributed by atoms with van der Waals surface area (Å²) < 4.78 is 27.3. The van der Waals surface area contributed by atoms with E-state index in [1.54, 1.807) is 13.2 Å². The molecule has 2 aromatic rings. The molecule has 1 heterocycles. The number of nitrogens with zero attached hydrogens (tertiary/aromatic N) is 2. The van der Waals surface area contributed by atoms with Gasteiger partial charge in [0, 0.05) is 25.4 Å². The number of halogens is 2. The van der Waals surface area contributed by atoms with E-state index in [0.717, 1.165) is 12.1 Å². The number of rotatable bonds is 4. The van der Waals surface area contributed by atoms with Crippen LogP contribution in [-0.4, -0.2) is 15.7 Å². The SMILES string of the molecule is Cn1cc(C(N)C(=O)NCc2ccc(F)c(F)c2)cn1. The maximum Gasteiger partial charge on any atom is 0.241 e. The Kier molecular flexibility index (Phi) is 4.09. The maximum absolute atomic E-state index is 13.0. The predicted octanol–water partition coefficient (Wildman–Crippen LogP) is 1.01. The van der Waals surface area contributed by atoms with E-state index in [1.165, 1.54) is 16.9 Å². The molecule has 1 aromatic heterocycles. The smallest absolute Gasteiger partial charge is 0.241 e. The van der Waals surface area contributed by atoms with Crippen molar-refractivity contribution in [2.45, 2.75) is 12.6 Å². The van der Waals surface area contributed by atoms with Crippen LogP contribution in [0.25, 0.3) is 0 Å². The van der Waals surface area contributed by atoms with Gasteiger partial charge in [0.1, 0.15) is 6.04 Å². The fraction of sp³-hybridized carbons (Fsp3) is 0.231. The van der Waals surface area contributed by atoms with Gasteiger partial charge in [0.2, 0.25) is 5.91 Å². The lowest BCUT2D eigenvalue weighted by Gasteiger charge is -2.10. The Morgan fingerprint density at radius 3 is 2.80 bits per heavy atom. The first-order chi connectivity index (χ1) is 9.47. The van der Waals surface area contributed by atoms with Crippen molar-refractivity contribution in [3.63, 3.8) is 0 Å². The summed E-state index contributed by atoms with van der Waals surface area (Å²) in [7, 11) is 1.72. The molecule has 106 valence electrons. The number of nitrogens with one attached hydrogen (secondary N) is 1. The van der Waals surface area contributed by atoms with Crippen LogP contribution in [0.3, 0.4) is 0 Å². The lowest BCUT2D eigenvalue weighted by molar-refractivity contribution is -0.122. The highest BCUT2D eigenvalue weighted by molar-refractivity contribution is 5.82. The van der Waals surface area contributed by atoms with Gasteiger partial charge in [-0.2, -0.15) is 5.10 Å². The van der Waals surface area contributed by atoms with Crippen molar-refractivity contribution < 1.29 is 13.6 Å². The highest BCUT2D eigenvalue weighted by Gasteiger charge is 2.17. The molecule has 0 fully saturated rings. The molecule has 0 aliphatic rings. The van der Waals surface area contributed by atoms with E-state index in [1.807, 2.05) is 0 Å².